The normalized spacial score (nSPS) is 21.8. The summed E-state index contributed by atoms with van der Waals surface area (Å²) in [6.45, 7) is 5.12. The number of halogens is 1. The quantitative estimate of drug-likeness (QED) is 0.917. The Bertz CT molecular complexity index is 740. The molecule has 24 heavy (non-hydrogen) atoms. The molecule has 0 saturated carbocycles. The fourth-order valence-electron chi connectivity index (χ4n) is 3.45. The summed E-state index contributed by atoms with van der Waals surface area (Å²) in [7, 11) is 0. The van der Waals surface area contributed by atoms with E-state index in [2.05, 4.69) is 4.90 Å². The standard InChI is InChI=1S/C19H22FNO3/c1-12-15(5-3-7-17(12)20)18-9-8-14(24-18)11-21-10-4-6-16(13(21)2)19(22)23/h3,5,7-9,13,16H,4,6,10-11H2,1-2H3,(H,22,23)/t13-,16-/m1/s1. The Morgan fingerprint density at radius 1 is 1.38 bits per heavy atom. The molecule has 0 radical (unpaired) electrons. The van der Waals surface area contributed by atoms with Crippen molar-refractivity contribution in [2.24, 2.45) is 5.92 Å². The van der Waals surface area contributed by atoms with Gasteiger partial charge < -0.3 is 9.52 Å². The topological polar surface area (TPSA) is 53.7 Å². The number of carboxylic acids is 1. The second kappa shape index (κ2) is 6.77. The molecule has 0 unspecified atom stereocenters. The third-order valence-electron chi connectivity index (χ3n) is 4.99. The van der Waals surface area contributed by atoms with Gasteiger partial charge in [-0.15, -0.1) is 0 Å². The van der Waals surface area contributed by atoms with E-state index in [9.17, 15) is 14.3 Å². The number of carboxylic acid groups (broad SMARTS) is 1. The van der Waals surface area contributed by atoms with E-state index in [1.807, 2.05) is 25.1 Å². The molecular formula is C19H22FNO3. The van der Waals surface area contributed by atoms with Gasteiger partial charge >= 0.3 is 5.97 Å². The number of piperidine rings is 1. The highest BCUT2D eigenvalue weighted by Crippen LogP contribution is 2.29. The zero-order chi connectivity index (χ0) is 17.3. The number of nitrogens with zero attached hydrogens (tertiary/aromatic N) is 1. The molecule has 2 aromatic rings. The van der Waals surface area contributed by atoms with Crippen LogP contribution in [0.25, 0.3) is 11.3 Å². The average Bonchev–Trinajstić information content (AvgIpc) is 3.00. The molecule has 4 nitrogen and oxygen atoms in total. The van der Waals surface area contributed by atoms with Gasteiger partial charge in [0, 0.05) is 11.6 Å². The van der Waals surface area contributed by atoms with Crippen LogP contribution in [0.2, 0.25) is 0 Å². The third-order valence-corrected chi connectivity index (χ3v) is 4.99. The first kappa shape index (κ1) is 16.7. The molecule has 0 aliphatic carbocycles. The monoisotopic (exact) mass is 331 g/mol. The van der Waals surface area contributed by atoms with E-state index >= 15 is 0 Å². The molecule has 1 aliphatic rings. The Hall–Kier alpha value is -2.14. The lowest BCUT2D eigenvalue weighted by molar-refractivity contribution is -0.145. The van der Waals surface area contributed by atoms with E-state index in [1.54, 1.807) is 13.0 Å². The maximum atomic E-state index is 13.7. The van der Waals surface area contributed by atoms with Crippen LogP contribution in [0.1, 0.15) is 31.1 Å². The summed E-state index contributed by atoms with van der Waals surface area (Å²) in [6, 6.07) is 8.65. The molecule has 128 valence electrons. The molecule has 1 aromatic carbocycles. The van der Waals surface area contributed by atoms with E-state index in [1.165, 1.54) is 6.07 Å². The second-order valence-electron chi connectivity index (χ2n) is 6.48. The summed E-state index contributed by atoms with van der Waals surface area (Å²) in [5, 5.41) is 9.32. The van der Waals surface area contributed by atoms with Gasteiger partial charge in [0.15, 0.2) is 0 Å². The SMILES string of the molecule is Cc1c(F)cccc1-c1ccc(CN2CCC[C@@H](C(=O)O)[C@H]2C)o1. The summed E-state index contributed by atoms with van der Waals surface area (Å²) < 4.78 is 19.6. The van der Waals surface area contributed by atoms with Gasteiger partial charge in [-0.2, -0.15) is 0 Å². The van der Waals surface area contributed by atoms with Crippen molar-refractivity contribution in [2.75, 3.05) is 6.54 Å². The molecule has 0 bridgehead atoms. The Morgan fingerprint density at radius 3 is 2.92 bits per heavy atom. The van der Waals surface area contributed by atoms with Crippen molar-refractivity contribution in [3.63, 3.8) is 0 Å². The number of hydrogen-bond donors (Lipinski definition) is 1. The second-order valence-corrected chi connectivity index (χ2v) is 6.48. The zero-order valence-electron chi connectivity index (χ0n) is 14.0. The van der Waals surface area contributed by atoms with Crippen LogP contribution < -0.4 is 0 Å². The van der Waals surface area contributed by atoms with Crippen LogP contribution in [-0.4, -0.2) is 28.6 Å². The minimum absolute atomic E-state index is 0.0271. The van der Waals surface area contributed by atoms with Crippen LogP contribution in [0.5, 0.6) is 0 Å². The number of hydrogen-bond acceptors (Lipinski definition) is 3. The Labute approximate surface area is 140 Å². The molecule has 2 heterocycles. The van der Waals surface area contributed by atoms with Gasteiger partial charge in [0.05, 0.1) is 12.5 Å². The number of likely N-dealkylation sites (tertiary alicyclic amines) is 1. The molecular weight excluding hydrogens is 309 g/mol. The third kappa shape index (κ3) is 3.22. The predicted molar refractivity (Wildman–Crippen MR) is 89.1 cm³/mol. The maximum Gasteiger partial charge on any atom is 0.308 e. The van der Waals surface area contributed by atoms with Crippen LogP contribution in [0.15, 0.2) is 34.7 Å². The van der Waals surface area contributed by atoms with E-state index in [0.29, 0.717) is 17.9 Å². The molecule has 1 N–H and O–H groups in total. The fraction of sp³-hybridized carbons (Fsp3) is 0.421. The molecule has 0 amide bonds. The Morgan fingerprint density at radius 2 is 2.17 bits per heavy atom. The van der Waals surface area contributed by atoms with Crippen LogP contribution in [0.4, 0.5) is 4.39 Å². The number of rotatable bonds is 4. The minimum atomic E-state index is -0.734. The van der Waals surface area contributed by atoms with Crippen molar-refractivity contribution in [3.05, 3.63) is 47.5 Å². The van der Waals surface area contributed by atoms with Crippen molar-refractivity contribution in [1.82, 2.24) is 4.90 Å². The molecule has 1 saturated heterocycles. The number of benzene rings is 1. The molecule has 5 heteroatoms. The van der Waals surface area contributed by atoms with Crippen LogP contribution >= 0.6 is 0 Å². The highest BCUT2D eigenvalue weighted by molar-refractivity contribution is 5.71. The van der Waals surface area contributed by atoms with Gasteiger partial charge in [0.1, 0.15) is 17.3 Å². The van der Waals surface area contributed by atoms with Gasteiger partial charge in [-0.25, -0.2) is 4.39 Å². The van der Waals surface area contributed by atoms with Crippen LogP contribution in [0.3, 0.4) is 0 Å². The van der Waals surface area contributed by atoms with Gasteiger partial charge in [-0.05, 0) is 57.0 Å². The molecule has 0 spiro atoms. The van der Waals surface area contributed by atoms with Crippen molar-refractivity contribution in [1.29, 1.82) is 0 Å². The van der Waals surface area contributed by atoms with Gasteiger partial charge in [-0.1, -0.05) is 12.1 Å². The van der Waals surface area contributed by atoms with Gasteiger partial charge in [-0.3, -0.25) is 9.69 Å². The minimum Gasteiger partial charge on any atom is -0.481 e. The average molecular weight is 331 g/mol. The summed E-state index contributed by atoms with van der Waals surface area (Å²) in [5.41, 5.74) is 1.31. The summed E-state index contributed by atoms with van der Waals surface area (Å²) in [6.07, 6.45) is 1.59. The summed E-state index contributed by atoms with van der Waals surface area (Å²) >= 11 is 0. The first-order valence-electron chi connectivity index (χ1n) is 8.28. The largest absolute Gasteiger partial charge is 0.481 e. The van der Waals surface area contributed by atoms with E-state index in [-0.39, 0.29) is 17.8 Å². The van der Waals surface area contributed by atoms with Crippen molar-refractivity contribution in [3.8, 4) is 11.3 Å². The van der Waals surface area contributed by atoms with Crippen molar-refractivity contribution in [2.45, 2.75) is 39.3 Å². The van der Waals surface area contributed by atoms with Gasteiger partial charge in [0.25, 0.3) is 0 Å². The maximum absolute atomic E-state index is 13.7. The smallest absolute Gasteiger partial charge is 0.308 e. The molecule has 1 fully saturated rings. The van der Waals surface area contributed by atoms with E-state index in [4.69, 9.17) is 4.42 Å². The fourth-order valence-corrected chi connectivity index (χ4v) is 3.45. The van der Waals surface area contributed by atoms with Crippen molar-refractivity contribution < 1.29 is 18.7 Å². The first-order chi connectivity index (χ1) is 11.5. The summed E-state index contributed by atoms with van der Waals surface area (Å²) in [4.78, 5) is 13.5. The predicted octanol–water partition coefficient (Wildman–Crippen LogP) is 4.08. The lowest BCUT2D eigenvalue weighted by atomic mass is 9.90. The van der Waals surface area contributed by atoms with Gasteiger partial charge in [0.2, 0.25) is 0 Å². The lowest BCUT2D eigenvalue weighted by Crippen LogP contribution is -2.45. The highest BCUT2D eigenvalue weighted by atomic mass is 19.1. The summed E-state index contributed by atoms with van der Waals surface area (Å²) in [5.74, 6) is 0.0914. The van der Waals surface area contributed by atoms with E-state index < -0.39 is 5.97 Å². The Kier molecular flexibility index (Phi) is 4.71. The molecule has 2 atom stereocenters. The van der Waals surface area contributed by atoms with Crippen molar-refractivity contribution >= 4 is 5.97 Å². The zero-order valence-corrected chi connectivity index (χ0v) is 14.0. The Balaban J connectivity index is 1.77. The number of aliphatic carboxylic acids is 1. The molecule has 1 aliphatic heterocycles. The lowest BCUT2D eigenvalue weighted by Gasteiger charge is -2.36. The molecule has 3 rings (SSSR count). The number of carbonyl (C=O) groups is 1. The highest BCUT2D eigenvalue weighted by Gasteiger charge is 2.33. The number of furan rings is 1. The van der Waals surface area contributed by atoms with E-state index in [0.717, 1.165) is 30.7 Å². The first-order valence-corrected chi connectivity index (χ1v) is 8.28. The van der Waals surface area contributed by atoms with Crippen LogP contribution in [0, 0.1) is 18.7 Å². The van der Waals surface area contributed by atoms with Crippen LogP contribution in [-0.2, 0) is 11.3 Å². The molecule has 1 aromatic heterocycles.